The number of sulfonamides is 1. The number of imidazole rings is 1. The van der Waals surface area contributed by atoms with Crippen LogP contribution in [0.5, 0.6) is 0 Å². The molecule has 0 bridgehead atoms. The summed E-state index contributed by atoms with van der Waals surface area (Å²) in [4.78, 5) is 8.09. The Balaban J connectivity index is 2.20. The second-order valence-corrected chi connectivity index (χ2v) is 5.92. The van der Waals surface area contributed by atoms with Crippen molar-refractivity contribution in [3.63, 3.8) is 0 Å². The number of anilines is 1. The number of aromatic nitrogens is 3. The molecule has 20 heavy (non-hydrogen) atoms. The minimum atomic E-state index is -3.63. The third kappa shape index (κ3) is 3.14. The third-order valence-electron chi connectivity index (χ3n) is 2.78. The van der Waals surface area contributed by atoms with Gasteiger partial charge in [-0.3, -0.25) is 4.98 Å². The lowest BCUT2D eigenvalue weighted by molar-refractivity contribution is 0.577. The molecule has 0 saturated carbocycles. The summed E-state index contributed by atoms with van der Waals surface area (Å²) in [5, 5.41) is 3.01. The molecule has 0 aliphatic rings. The first-order chi connectivity index (χ1) is 9.54. The van der Waals surface area contributed by atoms with Gasteiger partial charge in [-0.15, -0.1) is 0 Å². The highest BCUT2D eigenvalue weighted by molar-refractivity contribution is 7.89. The van der Waals surface area contributed by atoms with Crippen molar-refractivity contribution in [2.45, 2.75) is 18.4 Å². The van der Waals surface area contributed by atoms with Gasteiger partial charge in [-0.05, 0) is 13.0 Å². The quantitative estimate of drug-likeness (QED) is 0.820. The average Bonchev–Trinajstić information content (AvgIpc) is 2.83. The van der Waals surface area contributed by atoms with Gasteiger partial charge in [0.25, 0.3) is 0 Å². The van der Waals surface area contributed by atoms with Crippen LogP contribution in [0.3, 0.4) is 0 Å². The summed E-state index contributed by atoms with van der Waals surface area (Å²) in [6.45, 7) is 2.66. The molecule has 0 aliphatic carbocycles. The molecule has 2 N–H and O–H groups in total. The Hall–Kier alpha value is -1.93. The van der Waals surface area contributed by atoms with Crippen molar-refractivity contribution in [3.8, 4) is 0 Å². The zero-order chi connectivity index (χ0) is 14.6. The van der Waals surface area contributed by atoms with E-state index in [1.807, 2.05) is 14.0 Å². The van der Waals surface area contributed by atoms with E-state index in [1.54, 1.807) is 29.2 Å². The molecule has 0 aromatic carbocycles. The lowest BCUT2D eigenvalue weighted by Gasteiger charge is -2.11. The number of nitrogens with zero attached hydrogens (tertiary/aromatic N) is 3. The minimum absolute atomic E-state index is 0.131. The number of pyridine rings is 1. The predicted molar refractivity (Wildman–Crippen MR) is 75.6 cm³/mol. The van der Waals surface area contributed by atoms with Crippen LogP contribution in [-0.4, -0.2) is 29.5 Å². The summed E-state index contributed by atoms with van der Waals surface area (Å²) >= 11 is 0. The Morgan fingerprint density at radius 3 is 2.80 bits per heavy atom. The van der Waals surface area contributed by atoms with E-state index in [0.717, 1.165) is 0 Å². The molecule has 0 atom stereocenters. The molecule has 0 unspecified atom stereocenters. The second-order valence-electron chi connectivity index (χ2n) is 4.18. The Kier molecular flexibility index (Phi) is 4.35. The fraction of sp³-hybridized carbons (Fsp3) is 0.333. The van der Waals surface area contributed by atoms with E-state index in [0.29, 0.717) is 18.1 Å². The zero-order valence-electron chi connectivity index (χ0n) is 11.4. The Morgan fingerprint density at radius 2 is 2.15 bits per heavy atom. The van der Waals surface area contributed by atoms with Crippen molar-refractivity contribution in [1.29, 1.82) is 0 Å². The lowest BCUT2D eigenvalue weighted by Crippen LogP contribution is -2.25. The van der Waals surface area contributed by atoms with Crippen LogP contribution in [0.2, 0.25) is 0 Å². The van der Waals surface area contributed by atoms with Gasteiger partial charge in [0.2, 0.25) is 10.0 Å². The van der Waals surface area contributed by atoms with Gasteiger partial charge in [0.05, 0.1) is 12.2 Å². The summed E-state index contributed by atoms with van der Waals surface area (Å²) in [5.74, 6) is 0.641. The van der Waals surface area contributed by atoms with Crippen molar-refractivity contribution in [1.82, 2.24) is 19.3 Å². The van der Waals surface area contributed by atoms with Crippen molar-refractivity contribution in [3.05, 3.63) is 36.7 Å². The summed E-state index contributed by atoms with van der Waals surface area (Å²) in [6.07, 6.45) is 6.27. The maximum absolute atomic E-state index is 12.3. The van der Waals surface area contributed by atoms with Crippen LogP contribution in [0.1, 0.15) is 12.7 Å². The monoisotopic (exact) mass is 295 g/mol. The van der Waals surface area contributed by atoms with E-state index in [-0.39, 0.29) is 11.4 Å². The third-order valence-corrected chi connectivity index (χ3v) is 4.21. The van der Waals surface area contributed by atoms with Gasteiger partial charge in [0.15, 0.2) is 0 Å². The van der Waals surface area contributed by atoms with E-state index >= 15 is 0 Å². The van der Waals surface area contributed by atoms with Gasteiger partial charge >= 0.3 is 0 Å². The molecule has 2 aromatic heterocycles. The van der Waals surface area contributed by atoms with Gasteiger partial charge in [-0.1, -0.05) is 0 Å². The molecule has 0 radical (unpaired) electrons. The summed E-state index contributed by atoms with van der Waals surface area (Å²) in [7, 11) is -1.82. The maximum atomic E-state index is 12.3. The lowest BCUT2D eigenvalue weighted by atomic mass is 10.4. The largest absolute Gasteiger partial charge is 0.384 e. The number of hydrogen-bond acceptors (Lipinski definition) is 5. The van der Waals surface area contributed by atoms with Gasteiger partial charge in [-0.2, -0.15) is 0 Å². The van der Waals surface area contributed by atoms with E-state index in [9.17, 15) is 8.42 Å². The first kappa shape index (κ1) is 14.5. The van der Waals surface area contributed by atoms with E-state index in [1.165, 1.54) is 6.20 Å². The Bertz CT molecular complexity index is 681. The van der Waals surface area contributed by atoms with Crippen molar-refractivity contribution < 1.29 is 8.42 Å². The molecule has 0 fully saturated rings. The summed E-state index contributed by atoms with van der Waals surface area (Å²) in [6, 6.07) is 1.64. The molecule has 108 valence electrons. The first-order valence-corrected chi connectivity index (χ1v) is 7.66. The van der Waals surface area contributed by atoms with Crippen LogP contribution >= 0.6 is 0 Å². The molecular formula is C12H17N5O2S. The van der Waals surface area contributed by atoms with Crippen LogP contribution < -0.4 is 10.0 Å². The van der Waals surface area contributed by atoms with Gasteiger partial charge < -0.3 is 9.88 Å². The van der Waals surface area contributed by atoms with E-state index in [2.05, 4.69) is 20.0 Å². The first-order valence-electron chi connectivity index (χ1n) is 6.18. The minimum Gasteiger partial charge on any atom is -0.384 e. The molecule has 0 amide bonds. The molecule has 2 heterocycles. The van der Waals surface area contributed by atoms with Crippen LogP contribution in [-0.2, 0) is 23.6 Å². The zero-order valence-corrected chi connectivity index (χ0v) is 12.2. The van der Waals surface area contributed by atoms with Crippen LogP contribution in [0, 0.1) is 0 Å². The SMILES string of the molecule is CCNc1ccncc1S(=O)(=O)NCc1nccn1C. The van der Waals surface area contributed by atoms with Crippen LogP contribution in [0.25, 0.3) is 0 Å². The number of aryl methyl sites for hydroxylation is 1. The van der Waals surface area contributed by atoms with Crippen LogP contribution in [0.4, 0.5) is 5.69 Å². The predicted octanol–water partition coefficient (Wildman–Crippen LogP) is 0.725. The number of rotatable bonds is 6. The van der Waals surface area contributed by atoms with E-state index in [4.69, 9.17) is 0 Å². The van der Waals surface area contributed by atoms with Crippen molar-refractivity contribution in [2.75, 3.05) is 11.9 Å². The molecule has 2 aromatic rings. The summed E-state index contributed by atoms with van der Waals surface area (Å²) < 4.78 is 28.9. The summed E-state index contributed by atoms with van der Waals surface area (Å²) in [5.41, 5.74) is 0.537. The highest BCUT2D eigenvalue weighted by Crippen LogP contribution is 2.19. The number of nitrogens with one attached hydrogen (secondary N) is 2. The molecule has 0 spiro atoms. The topological polar surface area (TPSA) is 88.9 Å². The van der Waals surface area contributed by atoms with Gasteiger partial charge in [-0.25, -0.2) is 18.1 Å². The van der Waals surface area contributed by atoms with Gasteiger partial charge in [0.1, 0.15) is 10.7 Å². The van der Waals surface area contributed by atoms with E-state index < -0.39 is 10.0 Å². The average molecular weight is 295 g/mol. The standard InChI is InChI=1S/C12H17N5O2S/c1-3-14-10-4-5-13-8-11(10)20(18,19)16-9-12-15-6-7-17(12)2/h4-8,16H,3,9H2,1-2H3,(H,13,14). The fourth-order valence-electron chi connectivity index (χ4n) is 1.73. The number of hydrogen-bond donors (Lipinski definition) is 2. The van der Waals surface area contributed by atoms with Crippen molar-refractivity contribution in [2.24, 2.45) is 7.05 Å². The highest BCUT2D eigenvalue weighted by atomic mass is 32.2. The molecule has 8 heteroatoms. The van der Waals surface area contributed by atoms with Crippen LogP contribution in [0.15, 0.2) is 35.7 Å². The molecule has 2 rings (SSSR count). The maximum Gasteiger partial charge on any atom is 0.244 e. The normalized spacial score (nSPS) is 11.5. The Labute approximate surface area is 118 Å². The molecule has 7 nitrogen and oxygen atoms in total. The molecular weight excluding hydrogens is 278 g/mol. The smallest absolute Gasteiger partial charge is 0.244 e. The molecule has 0 saturated heterocycles. The fourth-order valence-corrected chi connectivity index (χ4v) is 2.84. The van der Waals surface area contributed by atoms with Crippen molar-refractivity contribution >= 4 is 15.7 Å². The highest BCUT2D eigenvalue weighted by Gasteiger charge is 2.19. The second kappa shape index (κ2) is 6.02. The van der Waals surface area contributed by atoms with Gasteiger partial charge in [0, 0.05) is 38.4 Å². The molecule has 0 aliphatic heterocycles. The Morgan fingerprint density at radius 1 is 1.35 bits per heavy atom.